The molecule has 1 fully saturated rings. The molecule has 0 radical (unpaired) electrons. The number of halogens is 1. The minimum absolute atomic E-state index is 0.0245. The molecule has 2 aromatic rings. The van der Waals surface area contributed by atoms with Crippen LogP contribution >= 0.6 is 0 Å². The van der Waals surface area contributed by atoms with Gasteiger partial charge in [-0.05, 0) is 67.9 Å². The van der Waals surface area contributed by atoms with Crippen molar-refractivity contribution in [1.29, 1.82) is 0 Å². The first-order valence-corrected chi connectivity index (χ1v) is 12.7. The molecule has 33 heavy (non-hydrogen) atoms. The van der Waals surface area contributed by atoms with E-state index in [0.717, 1.165) is 41.1 Å². The Kier molecular flexibility index (Phi) is 8.44. The lowest BCUT2D eigenvalue weighted by atomic mass is 9.82. The smallest absolute Gasteiger partial charge is 0.278 e. The Balaban J connectivity index is 1.67. The second-order valence-electron chi connectivity index (χ2n) is 9.08. The number of pyridine rings is 1. The van der Waals surface area contributed by atoms with Crippen LogP contribution in [-0.4, -0.2) is 50.6 Å². The molecule has 182 valence electrons. The Hall–Kier alpha value is -2.07. The van der Waals surface area contributed by atoms with E-state index in [4.69, 9.17) is 4.74 Å². The Labute approximate surface area is 195 Å². The van der Waals surface area contributed by atoms with Gasteiger partial charge in [-0.25, -0.2) is 9.11 Å². The Bertz CT molecular complexity index is 1110. The lowest BCUT2D eigenvalue weighted by molar-refractivity contribution is 0.0168. The summed E-state index contributed by atoms with van der Waals surface area (Å²) in [4.78, 5) is 12.8. The van der Waals surface area contributed by atoms with Crippen molar-refractivity contribution in [3.05, 3.63) is 69.4 Å². The van der Waals surface area contributed by atoms with Crippen molar-refractivity contribution >= 4 is 10.2 Å². The first-order chi connectivity index (χ1) is 15.6. The fourth-order valence-corrected chi connectivity index (χ4v) is 5.04. The van der Waals surface area contributed by atoms with Crippen LogP contribution in [0.4, 0.5) is 4.39 Å². The summed E-state index contributed by atoms with van der Waals surface area (Å²) in [6, 6.07) is 8.58. The van der Waals surface area contributed by atoms with Crippen molar-refractivity contribution < 1.29 is 17.5 Å². The molecule has 3 rings (SSSR count). The highest BCUT2D eigenvalue weighted by molar-refractivity contribution is 7.87. The summed E-state index contributed by atoms with van der Waals surface area (Å²) >= 11 is 0. The van der Waals surface area contributed by atoms with Gasteiger partial charge >= 0.3 is 0 Å². The zero-order chi connectivity index (χ0) is 24.2. The maximum absolute atomic E-state index is 13.6. The van der Waals surface area contributed by atoms with Crippen molar-refractivity contribution in [2.45, 2.75) is 50.5 Å². The van der Waals surface area contributed by atoms with E-state index in [1.807, 2.05) is 13.0 Å². The monoisotopic (exact) mass is 479 g/mol. The van der Waals surface area contributed by atoms with Gasteiger partial charge in [-0.3, -0.25) is 4.79 Å². The summed E-state index contributed by atoms with van der Waals surface area (Å²) in [6.45, 7) is 2.21. The van der Waals surface area contributed by atoms with E-state index in [-0.39, 0.29) is 30.6 Å². The molecular weight excluding hydrogens is 445 g/mol. The van der Waals surface area contributed by atoms with Crippen LogP contribution in [0.3, 0.4) is 0 Å². The summed E-state index contributed by atoms with van der Waals surface area (Å²) in [5.41, 5.74) is 2.32. The SMILES string of the molecule is Cc1cc([C@@H](CNS(=O)(=O)N(C)C)COC2CCC(c3cccc(F)c3)CC2)c(=O)n(C)c1. The summed E-state index contributed by atoms with van der Waals surface area (Å²) in [5, 5.41) is 0. The van der Waals surface area contributed by atoms with E-state index in [9.17, 15) is 17.6 Å². The van der Waals surface area contributed by atoms with Crippen molar-refractivity contribution in [3.63, 3.8) is 0 Å². The third-order valence-corrected chi connectivity index (χ3v) is 7.80. The van der Waals surface area contributed by atoms with Gasteiger partial charge < -0.3 is 9.30 Å². The van der Waals surface area contributed by atoms with Gasteiger partial charge in [0.25, 0.3) is 15.8 Å². The highest BCUT2D eigenvalue weighted by atomic mass is 32.2. The van der Waals surface area contributed by atoms with E-state index >= 15 is 0 Å². The van der Waals surface area contributed by atoms with Crippen LogP contribution in [0, 0.1) is 12.7 Å². The zero-order valence-corrected chi connectivity index (χ0v) is 20.6. The molecule has 1 aliphatic rings. The quantitative estimate of drug-likeness (QED) is 0.600. The van der Waals surface area contributed by atoms with E-state index < -0.39 is 16.1 Å². The summed E-state index contributed by atoms with van der Waals surface area (Å²) in [7, 11) is 0.968. The van der Waals surface area contributed by atoms with Gasteiger partial charge in [0.15, 0.2) is 0 Å². The largest absolute Gasteiger partial charge is 0.378 e. The fourth-order valence-electron chi connectivity index (χ4n) is 4.37. The third-order valence-electron chi connectivity index (χ3n) is 6.31. The lowest BCUT2D eigenvalue weighted by Crippen LogP contribution is -2.40. The molecule has 0 amide bonds. The highest BCUT2D eigenvalue weighted by Gasteiger charge is 2.26. The molecule has 7 nitrogen and oxygen atoms in total. The van der Waals surface area contributed by atoms with Crippen LogP contribution in [0.25, 0.3) is 0 Å². The van der Waals surface area contributed by atoms with E-state index in [1.54, 1.807) is 31.4 Å². The molecule has 0 unspecified atom stereocenters. The number of hydrogen-bond donors (Lipinski definition) is 1. The van der Waals surface area contributed by atoms with E-state index in [2.05, 4.69) is 4.72 Å². The highest BCUT2D eigenvalue weighted by Crippen LogP contribution is 2.34. The minimum atomic E-state index is -3.63. The van der Waals surface area contributed by atoms with Crippen molar-refractivity contribution in [2.24, 2.45) is 7.05 Å². The van der Waals surface area contributed by atoms with Crippen LogP contribution in [-0.2, 0) is 22.0 Å². The third kappa shape index (κ3) is 6.72. The van der Waals surface area contributed by atoms with Crippen molar-refractivity contribution in [2.75, 3.05) is 27.2 Å². The molecule has 0 spiro atoms. The van der Waals surface area contributed by atoms with Crippen LogP contribution < -0.4 is 10.3 Å². The maximum Gasteiger partial charge on any atom is 0.278 e. The molecule has 0 bridgehead atoms. The number of hydrogen-bond acceptors (Lipinski definition) is 4. The lowest BCUT2D eigenvalue weighted by Gasteiger charge is -2.30. The van der Waals surface area contributed by atoms with Crippen molar-refractivity contribution in [3.8, 4) is 0 Å². The number of rotatable bonds is 9. The number of benzene rings is 1. The average molecular weight is 480 g/mol. The number of aromatic nitrogens is 1. The number of ether oxygens (including phenoxy) is 1. The predicted molar refractivity (Wildman–Crippen MR) is 127 cm³/mol. The molecule has 0 saturated heterocycles. The second kappa shape index (κ2) is 10.9. The van der Waals surface area contributed by atoms with Gasteiger partial charge in [0, 0.05) is 45.4 Å². The minimum Gasteiger partial charge on any atom is -0.378 e. The molecule has 1 saturated carbocycles. The number of nitrogens with zero attached hydrogens (tertiary/aromatic N) is 2. The molecule has 1 N–H and O–H groups in total. The summed E-state index contributed by atoms with van der Waals surface area (Å²) in [5.74, 6) is -0.319. The van der Waals surface area contributed by atoms with Gasteiger partial charge in [-0.2, -0.15) is 12.7 Å². The normalized spacial score (nSPS) is 20.2. The van der Waals surface area contributed by atoms with Gasteiger partial charge in [0.05, 0.1) is 12.7 Å². The van der Waals surface area contributed by atoms with Crippen LogP contribution in [0.5, 0.6) is 0 Å². The van der Waals surface area contributed by atoms with Gasteiger partial charge in [0.1, 0.15) is 5.82 Å². The number of aryl methyl sites for hydroxylation is 2. The molecule has 1 atom stereocenters. The first-order valence-electron chi connectivity index (χ1n) is 11.3. The molecular formula is C24H34FN3O4S. The first kappa shape index (κ1) is 25.6. The molecule has 1 aromatic heterocycles. The Morgan fingerprint density at radius 1 is 1.21 bits per heavy atom. The Morgan fingerprint density at radius 3 is 2.55 bits per heavy atom. The van der Waals surface area contributed by atoms with Gasteiger partial charge in [0.2, 0.25) is 0 Å². The summed E-state index contributed by atoms with van der Waals surface area (Å²) in [6.07, 6.45) is 5.25. The van der Waals surface area contributed by atoms with E-state index in [0.29, 0.717) is 11.5 Å². The fraction of sp³-hybridized carbons (Fsp3) is 0.542. The zero-order valence-electron chi connectivity index (χ0n) is 19.8. The van der Waals surface area contributed by atoms with Crippen LogP contribution in [0.15, 0.2) is 41.3 Å². The van der Waals surface area contributed by atoms with Crippen LogP contribution in [0.2, 0.25) is 0 Å². The molecule has 9 heteroatoms. The van der Waals surface area contributed by atoms with Gasteiger partial charge in [-0.15, -0.1) is 0 Å². The van der Waals surface area contributed by atoms with Crippen molar-refractivity contribution in [1.82, 2.24) is 13.6 Å². The summed E-state index contributed by atoms with van der Waals surface area (Å²) < 4.78 is 49.5. The molecule has 0 aliphatic heterocycles. The maximum atomic E-state index is 13.6. The Morgan fingerprint density at radius 2 is 1.91 bits per heavy atom. The molecule has 1 heterocycles. The second-order valence-corrected chi connectivity index (χ2v) is 11.1. The standard InChI is InChI=1S/C24H34FN3O4S/c1-17-12-23(24(29)28(4)15-17)20(14-26-33(30,31)27(2)3)16-32-22-10-8-18(9-11-22)19-6-5-7-21(25)13-19/h5-7,12-13,15,18,20,22,26H,8-11,14,16H2,1-4H3/t18?,20-,22?/m0/s1. The average Bonchev–Trinajstić information content (AvgIpc) is 2.77. The molecule has 1 aromatic carbocycles. The predicted octanol–water partition coefficient (Wildman–Crippen LogP) is 3.06. The van der Waals surface area contributed by atoms with Crippen LogP contribution in [0.1, 0.15) is 54.2 Å². The van der Waals surface area contributed by atoms with E-state index in [1.165, 1.54) is 24.7 Å². The van der Waals surface area contributed by atoms with Gasteiger partial charge in [-0.1, -0.05) is 12.1 Å². The molecule has 1 aliphatic carbocycles. The topological polar surface area (TPSA) is 80.6 Å². The number of nitrogens with one attached hydrogen (secondary N) is 1.